The molecule has 0 saturated carbocycles. The summed E-state index contributed by atoms with van der Waals surface area (Å²) in [6.45, 7) is 4.19. The maximum atomic E-state index is 10.1. The van der Waals surface area contributed by atoms with Crippen molar-refractivity contribution in [3.63, 3.8) is 0 Å². The lowest BCUT2D eigenvalue weighted by molar-refractivity contribution is 0.127. The van der Waals surface area contributed by atoms with E-state index in [1.54, 1.807) is 12.1 Å². The highest BCUT2D eigenvalue weighted by Crippen LogP contribution is 2.37. The molecule has 116 valence electrons. The largest absolute Gasteiger partial charge is 0.504 e. The van der Waals surface area contributed by atoms with Crippen molar-refractivity contribution in [2.45, 2.75) is 38.8 Å². The van der Waals surface area contributed by atoms with E-state index in [9.17, 15) is 10.2 Å². The van der Waals surface area contributed by atoms with Crippen molar-refractivity contribution in [2.75, 3.05) is 7.11 Å². The van der Waals surface area contributed by atoms with Crippen molar-refractivity contribution in [1.29, 1.82) is 0 Å². The molecule has 4 nitrogen and oxygen atoms in total. The number of phenols is 1. The molecule has 0 heterocycles. The second-order valence-corrected chi connectivity index (χ2v) is 6.03. The van der Waals surface area contributed by atoms with Gasteiger partial charge >= 0.3 is 0 Å². The molecule has 4 N–H and O–H groups in total. The molecule has 0 bridgehead atoms. The fourth-order valence-corrected chi connectivity index (χ4v) is 2.35. The van der Waals surface area contributed by atoms with E-state index < -0.39 is 12.1 Å². The molecular weight excluding hydrogens is 346 g/mol. The van der Waals surface area contributed by atoms with E-state index in [4.69, 9.17) is 10.5 Å². The first-order valence-corrected chi connectivity index (χ1v) is 7.16. The van der Waals surface area contributed by atoms with Gasteiger partial charge in [-0.2, -0.15) is 0 Å². The topological polar surface area (TPSA) is 75.7 Å². The zero-order valence-electron chi connectivity index (χ0n) is 12.0. The number of methoxy groups -OCH3 is 1. The molecule has 0 unspecified atom stereocenters. The Morgan fingerprint density at radius 3 is 2.40 bits per heavy atom. The fourth-order valence-electron chi connectivity index (χ4n) is 1.90. The minimum Gasteiger partial charge on any atom is -0.504 e. The highest BCUT2D eigenvalue weighted by molar-refractivity contribution is 9.10. The number of ether oxygens (including phenoxy) is 1. The summed E-state index contributed by atoms with van der Waals surface area (Å²) in [6, 6.07) is 2.73. The molecule has 0 amide bonds. The van der Waals surface area contributed by atoms with Crippen LogP contribution in [0.25, 0.3) is 0 Å². The van der Waals surface area contributed by atoms with Gasteiger partial charge in [0.15, 0.2) is 11.5 Å². The van der Waals surface area contributed by atoms with Crippen LogP contribution in [0, 0.1) is 5.92 Å². The SMILES string of the molecule is COc1cc(Br)cc([C@@H](N)[C@@H](O)CCC(C)C)c1O.Cl. The Morgan fingerprint density at radius 1 is 1.30 bits per heavy atom. The first-order valence-electron chi connectivity index (χ1n) is 6.36. The Labute approximate surface area is 134 Å². The summed E-state index contributed by atoms with van der Waals surface area (Å²) >= 11 is 3.34. The molecule has 0 aliphatic heterocycles. The van der Waals surface area contributed by atoms with Gasteiger partial charge in [0.1, 0.15) is 0 Å². The van der Waals surface area contributed by atoms with Crippen LogP contribution < -0.4 is 10.5 Å². The molecule has 0 aliphatic carbocycles. The van der Waals surface area contributed by atoms with Gasteiger partial charge < -0.3 is 20.7 Å². The van der Waals surface area contributed by atoms with E-state index >= 15 is 0 Å². The molecule has 20 heavy (non-hydrogen) atoms. The summed E-state index contributed by atoms with van der Waals surface area (Å²) < 4.78 is 5.83. The van der Waals surface area contributed by atoms with Crippen LogP contribution in [-0.2, 0) is 0 Å². The predicted molar refractivity (Wildman–Crippen MR) is 86.6 cm³/mol. The normalized spacial score (nSPS) is 13.8. The first kappa shape index (κ1) is 19.5. The van der Waals surface area contributed by atoms with E-state index in [2.05, 4.69) is 29.8 Å². The molecule has 0 aromatic heterocycles. The number of halogens is 2. The van der Waals surface area contributed by atoms with Crippen molar-refractivity contribution in [3.05, 3.63) is 22.2 Å². The molecule has 2 atom stereocenters. The van der Waals surface area contributed by atoms with Gasteiger partial charge in [-0.3, -0.25) is 0 Å². The van der Waals surface area contributed by atoms with Crippen molar-refractivity contribution >= 4 is 28.3 Å². The van der Waals surface area contributed by atoms with Crippen LogP contribution in [0.3, 0.4) is 0 Å². The number of phenolic OH excluding ortho intramolecular Hbond substituents is 1. The number of benzene rings is 1. The Balaban J connectivity index is 0.00000361. The summed E-state index contributed by atoms with van der Waals surface area (Å²) in [5.74, 6) is 0.838. The number of aliphatic hydroxyl groups excluding tert-OH is 1. The van der Waals surface area contributed by atoms with Crippen LogP contribution in [0.2, 0.25) is 0 Å². The first-order chi connectivity index (χ1) is 8.86. The second kappa shape index (κ2) is 8.72. The van der Waals surface area contributed by atoms with Gasteiger partial charge in [0.2, 0.25) is 0 Å². The number of aromatic hydroxyl groups is 1. The van der Waals surface area contributed by atoms with Gasteiger partial charge in [-0.05, 0) is 30.9 Å². The van der Waals surface area contributed by atoms with Gasteiger partial charge in [0, 0.05) is 10.0 Å². The maximum absolute atomic E-state index is 10.1. The van der Waals surface area contributed by atoms with Gasteiger partial charge in [-0.25, -0.2) is 0 Å². The lowest BCUT2D eigenvalue weighted by atomic mass is 9.95. The van der Waals surface area contributed by atoms with Crippen molar-refractivity contribution in [2.24, 2.45) is 11.7 Å². The summed E-state index contributed by atoms with van der Waals surface area (Å²) in [5.41, 5.74) is 6.52. The zero-order chi connectivity index (χ0) is 14.6. The number of hydrogen-bond acceptors (Lipinski definition) is 4. The molecule has 1 aromatic rings. The molecule has 6 heteroatoms. The quantitative estimate of drug-likeness (QED) is 0.719. The maximum Gasteiger partial charge on any atom is 0.162 e. The van der Waals surface area contributed by atoms with Crippen LogP contribution in [0.4, 0.5) is 0 Å². The number of nitrogens with two attached hydrogens (primary N) is 1. The molecule has 0 fully saturated rings. The highest BCUT2D eigenvalue weighted by atomic mass is 79.9. The zero-order valence-corrected chi connectivity index (χ0v) is 14.4. The smallest absolute Gasteiger partial charge is 0.162 e. The Kier molecular flexibility index (Phi) is 8.51. The standard InChI is InChI=1S/C14H22BrNO3.ClH/c1-8(2)4-5-11(17)13(16)10-6-9(15)7-12(19-3)14(10)18;/h6-8,11,13,17-18H,4-5,16H2,1-3H3;1H/t11-,13+;/m0./s1. The van der Waals surface area contributed by atoms with E-state index in [0.717, 1.165) is 10.9 Å². The number of rotatable bonds is 6. The third kappa shape index (κ3) is 5.13. The molecule has 0 saturated heterocycles. The molecule has 1 rings (SSSR count). The molecule has 0 aliphatic rings. The van der Waals surface area contributed by atoms with Crippen LogP contribution in [0.15, 0.2) is 16.6 Å². The molecular formula is C14H23BrClNO3. The Bertz CT molecular complexity index is 429. The van der Waals surface area contributed by atoms with E-state index in [0.29, 0.717) is 23.7 Å². The molecule has 1 aromatic carbocycles. The summed E-state index contributed by atoms with van der Waals surface area (Å²) in [7, 11) is 1.48. The lowest BCUT2D eigenvalue weighted by Gasteiger charge is -2.22. The molecule has 0 radical (unpaired) electrons. The fraction of sp³-hybridized carbons (Fsp3) is 0.571. The molecule has 0 spiro atoms. The van der Waals surface area contributed by atoms with Crippen molar-refractivity contribution in [1.82, 2.24) is 0 Å². The summed E-state index contributed by atoms with van der Waals surface area (Å²) in [6.07, 6.45) is 0.806. The Hall–Kier alpha value is -0.490. The minimum absolute atomic E-state index is 0. The van der Waals surface area contributed by atoms with E-state index in [1.165, 1.54) is 7.11 Å². The third-order valence-corrected chi connectivity index (χ3v) is 3.56. The van der Waals surface area contributed by atoms with Gasteiger partial charge in [0.25, 0.3) is 0 Å². The van der Waals surface area contributed by atoms with Gasteiger partial charge in [0.05, 0.1) is 19.3 Å². The van der Waals surface area contributed by atoms with Crippen LogP contribution >= 0.6 is 28.3 Å². The highest BCUT2D eigenvalue weighted by Gasteiger charge is 2.22. The van der Waals surface area contributed by atoms with Crippen molar-refractivity contribution in [3.8, 4) is 11.5 Å². The minimum atomic E-state index is -0.688. The Morgan fingerprint density at radius 2 is 1.90 bits per heavy atom. The number of aliphatic hydroxyl groups is 1. The van der Waals surface area contributed by atoms with Crippen molar-refractivity contribution < 1.29 is 14.9 Å². The third-order valence-electron chi connectivity index (χ3n) is 3.10. The van der Waals surface area contributed by atoms with E-state index in [1.807, 2.05) is 0 Å². The van der Waals surface area contributed by atoms with Crippen LogP contribution in [0.1, 0.15) is 38.3 Å². The second-order valence-electron chi connectivity index (χ2n) is 5.11. The van der Waals surface area contributed by atoms with E-state index in [-0.39, 0.29) is 18.2 Å². The number of hydrogen-bond donors (Lipinski definition) is 3. The summed E-state index contributed by atoms with van der Waals surface area (Å²) in [5, 5.41) is 20.2. The average Bonchev–Trinajstić information content (AvgIpc) is 2.37. The average molecular weight is 369 g/mol. The van der Waals surface area contributed by atoms with Gasteiger partial charge in [-0.1, -0.05) is 29.8 Å². The monoisotopic (exact) mass is 367 g/mol. The predicted octanol–water partition coefficient (Wildman–Crippen LogP) is 3.38. The van der Waals surface area contributed by atoms with Crippen LogP contribution in [-0.4, -0.2) is 23.4 Å². The lowest BCUT2D eigenvalue weighted by Crippen LogP contribution is -2.26. The van der Waals surface area contributed by atoms with Crippen LogP contribution in [0.5, 0.6) is 11.5 Å². The van der Waals surface area contributed by atoms with Gasteiger partial charge in [-0.15, -0.1) is 12.4 Å². The summed E-state index contributed by atoms with van der Waals surface area (Å²) in [4.78, 5) is 0.